The van der Waals surface area contributed by atoms with Gasteiger partial charge in [0.25, 0.3) is 0 Å². The molecular formula is C11H11F3O2. The SMILES string of the molecule is CCOC(=O)C(F)(F)Cc1ccc(F)cc1. The Hall–Kier alpha value is -1.52. The van der Waals surface area contributed by atoms with Gasteiger partial charge in [0.05, 0.1) is 6.61 Å². The van der Waals surface area contributed by atoms with Gasteiger partial charge in [0.2, 0.25) is 0 Å². The Morgan fingerprint density at radius 2 is 1.88 bits per heavy atom. The largest absolute Gasteiger partial charge is 0.462 e. The molecule has 0 aliphatic heterocycles. The highest BCUT2D eigenvalue weighted by Gasteiger charge is 2.40. The lowest BCUT2D eigenvalue weighted by Gasteiger charge is -2.14. The first kappa shape index (κ1) is 12.5. The maximum Gasteiger partial charge on any atom is 0.377 e. The van der Waals surface area contributed by atoms with Crippen LogP contribution in [0.1, 0.15) is 12.5 Å². The monoisotopic (exact) mass is 232 g/mol. The number of halogens is 3. The number of hydrogen-bond donors (Lipinski definition) is 0. The van der Waals surface area contributed by atoms with Gasteiger partial charge in [-0.1, -0.05) is 12.1 Å². The smallest absolute Gasteiger partial charge is 0.377 e. The molecule has 0 N–H and O–H groups in total. The fourth-order valence-corrected chi connectivity index (χ4v) is 1.17. The molecule has 0 aliphatic rings. The number of esters is 1. The molecule has 16 heavy (non-hydrogen) atoms. The van der Waals surface area contributed by atoms with Crippen LogP contribution in [0.4, 0.5) is 13.2 Å². The molecule has 5 heteroatoms. The van der Waals surface area contributed by atoms with Crippen molar-refractivity contribution in [3.05, 3.63) is 35.6 Å². The van der Waals surface area contributed by atoms with Gasteiger partial charge in [-0.05, 0) is 24.6 Å². The van der Waals surface area contributed by atoms with Gasteiger partial charge in [-0.2, -0.15) is 8.78 Å². The number of rotatable bonds is 4. The van der Waals surface area contributed by atoms with Crippen LogP contribution in [0.25, 0.3) is 0 Å². The summed E-state index contributed by atoms with van der Waals surface area (Å²) in [4.78, 5) is 10.9. The van der Waals surface area contributed by atoms with Crippen LogP contribution >= 0.6 is 0 Å². The van der Waals surface area contributed by atoms with Gasteiger partial charge in [-0.25, -0.2) is 9.18 Å². The third kappa shape index (κ3) is 3.25. The van der Waals surface area contributed by atoms with Gasteiger partial charge in [0.15, 0.2) is 0 Å². The molecule has 88 valence electrons. The number of carbonyl (C=O) groups excluding carboxylic acids is 1. The predicted molar refractivity (Wildman–Crippen MR) is 51.7 cm³/mol. The molecule has 0 amide bonds. The Labute approximate surface area is 91.0 Å². The minimum absolute atomic E-state index is 0.0994. The molecule has 0 fully saturated rings. The lowest BCUT2D eigenvalue weighted by Crippen LogP contribution is -2.33. The number of ether oxygens (including phenoxy) is 1. The molecule has 0 unspecified atom stereocenters. The van der Waals surface area contributed by atoms with Gasteiger partial charge in [0.1, 0.15) is 5.82 Å². The second-order valence-corrected chi connectivity index (χ2v) is 3.23. The van der Waals surface area contributed by atoms with Crippen molar-refractivity contribution in [2.45, 2.75) is 19.3 Å². The summed E-state index contributed by atoms with van der Waals surface area (Å²) in [6, 6.07) is 4.55. The van der Waals surface area contributed by atoms with Crippen molar-refractivity contribution in [2.75, 3.05) is 6.61 Å². The highest BCUT2D eigenvalue weighted by atomic mass is 19.3. The summed E-state index contributed by atoms with van der Waals surface area (Å²) < 4.78 is 43.2. The molecule has 1 rings (SSSR count). The first-order valence-electron chi connectivity index (χ1n) is 4.75. The lowest BCUT2D eigenvalue weighted by atomic mass is 10.1. The van der Waals surface area contributed by atoms with E-state index in [9.17, 15) is 18.0 Å². The van der Waals surface area contributed by atoms with Crippen LogP contribution < -0.4 is 0 Å². The van der Waals surface area contributed by atoms with Crippen molar-refractivity contribution in [3.8, 4) is 0 Å². The van der Waals surface area contributed by atoms with Crippen LogP contribution in [0.2, 0.25) is 0 Å². The Bertz CT molecular complexity index is 360. The lowest BCUT2D eigenvalue weighted by molar-refractivity contribution is -0.171. The molecule has 0 spiro atoms. The van der Waals surface area contributed by atoms with E-state index >= 15 is 0 Å². The van der Waals surface area contributed by atoms with Gasteiger partial charge >= 0.3 is 11.9 Å². The summed E-state index contributed by atoms with van der Waals surface area (Å²) in [6.07, 6.45) is -0.786. The quantitative estimate of drug-likeness (QED) is 0.746. The van der Waals surface area contributed by atoms with Crippen molar-refractivity contribution in [3.63, 3.8) is 0 Å². The summed E-state index contributed by atoms with van der Waals surface area (Å²) in [7, 11) is 0. The number of alkyl halides is 2. The van der Waals surface area contributed by atoms with E-state index in [1.807, 2.05) is 0 Å². The van der Waals surface area contributed by atoms with Gasteiger partial charge in [-0.3, -0.25) is 0 Å². The zero-order valence-corrected chi connectivity index (χ0v) is 8.67. The summed E-state index contributed by atoms with van der Waals surface area (Å²) in [5, 5.41) is 0. The second-order valence-electron chi connectivity index (χ2n) is 3.23. The second kappa shape index (κ2) is 5.01. The molecule has 0 aliphatic carbocycles. The number of hydrogen-bond acceptors (Lipinski definition) is 2. The molecule has 0 saturated heterocycles. The molecule has 1 aromatic carbocycles. The summed E-state index contributed by atoms with van der Waals surface area (Å²) in [5.41, 5.74) is 0.180. The van der Waals surface area contributed by atoms with Crippen molar-refractivity contribution in [2.24, 2.45) is 0 Å². The van der Waals surface area contributed by atoms with Gasteiger partial charge in [-0.15, -0.1) is 0 Å². The molecule has 1 aromatic rings. The van der Waals surface area contributed by atoms with E-state index in [4.69, 9.17) is 0 Å². The molecule has 2 nitrogen and oxygen atoms in total. The summed E-state index contributed by atoms with van der Waals surface area (Å²) in [5.74, 6) is -5.64. The van der Waals surface area contributed by atoms with E-state index in [-0.39, 0.29) is 12.2 Å². The minimum atomic E-state index is -3.58. The molecular weight excluding hydrogens is 221 g/mol. The first-order chi connectivity index (χ1) is 7.45. The van der Waals surface area contributed by atoms with E-state index in [0.29, 0.717) is 0 Å². The molecule has 0 saturated carbocycles. The van der Waals surface area contributed by atoms with E-state index in [1.54, 1.807) is 0 Å². The van der Waals surface area contributed by atoms with Gasteiger partial charge < -0.3 is 4.74 Å². The number of benzene rings is 1. The predicted octanol–water partition coefficient (Wildman–Crippen LogP) is 2.57. The maximum atomic E-state index is 13.2. The van der Waals surface area contributed by atoms with E-state index in [1.165, 1.54) is 19.1 Å². The third-order valence-electron chi connectivity index (χ3n) is 1.91. The molecule has 0 atom stereocenters. The van der Waals surface area contributed by atoms with Crippen LogP contribution in [0.15, 0.2) is 24.3 Å². The van der Waals surface area contributed by atoms with Crippen molar-refractivity contribution >= 4 is 5.97 Å². The minimum Gasteiger partial charge on any atom is -0.462 e. The zero-order chi connectivity index (χ0) is 12.2. The Balaban J connectivity index is 2.72. The molecule has 0 aromatic heterocycles. The first-order valence-corrected chi connectivity index (χ1v) is 4.75. The standard InChI is InChI=1S/C11H11F3O2/c1-2-16-10(15)11(13,14)7-8-3-5-9(12)6-4-8/h3-6H,2,7H2,1H3. The van der Waals surface area contributed by atoms with Crippen LogP contribution in [-0.4, -0.2) is 18.5 Å². The molecule has 0 heterocycles. The van der Waals surface area contributed by atoms with Crippen molar-refractivity contribution in [1.29, 1.82) is 0 Å². The fourth-order valence-electron chi connectivity index (χ4n) is 1.17. The third-order valence-corrected chi connectivity index (χ3v) is 1.91. The van der Waals surface area contributed by atoms with Gasteiger partial charge in [0, 0.05) is 6.42 Å². The van der Waals surface area contributed by atoms with Crippen LogP contribution in [0, 0.1) is 5.82 Å². The van der Waals surface area contributed by atoms with Crippen molar-refractivity contribution in [1.82, 2.24) is 0 Å². The van der Waals surface area contributed by atoms with Crippen LogP contribution in [0.5, 0.6) is 0 Å². The van der Waals surface area contributed by atoms with Crippen LogP contribution in [0.3, 0.4) is 0 Å². The summed E-state index contributed by atoms with van der Waals surface area (Å²) >= 11 is 0. The normalized spacial score (nSPS) is 11.2. The topological polar surface area (TPSA) is 26.3 Å². The van der Waals surface area contributed by atoms with E-state index < -0.39 is 24.1 Å². The average Bonchev–Trinajstić information content (AvgIpc) is 2.21. The highest BCUT2D eigenvalue weighted by molar-refractivity contribution is 5.77. The Morgan fingerprint density at radius 1 is 1.31 bits per heavy atom. The highest BCUT2D eigenvalue weighted by Crippen LogP contribution is 2.22. The zero-order valence-electron chi connectivity index (χ0n) is 8.67. The average molecular weight is 232 g/mol. The number of carbonyl (C=O) groups is 1. The molecule has 0 radical (unpaired) electrons. The Kier molecular flexibility index (Phi) is 3.93. The maximum absolute atomic E-state index is 13.2. The Morgan fingerprint density at radius 3 is 2.38 bits per heavy atom. The van der Waals surface area contributed by atoms with Crippen LogP contribution in [-0.2, 0) is 16.0 Å². The fraction of sp³-hybridized carbons (Fsp3) is 0.364. The van der Waals surface area contributed by atoms with E-state index in [0.717, 1.165) is 12.1 Å². The molecule has 0 bridgehead atoms. The summed E-state index contributed by atoms with van der Waals surface area (Å²) in [6.45, 7) is 1.35. The van der Waals surface area contributed by atoms with E-state index in [2.05, 4.69) is 4.74 Å². The van der Waals surface area contributed by atoms with Crippen molar-refractivity contribution < 1.29 is 22.7 Å².